The van der Waals surface area contributed by atoms with Crippen molar-refractivity contribution in [2.45, 2.75) is 6.54 Å². The van der Waals surface area contributed by atoms with Gasteiger partial charge in [0.1, 0.15) is 0 Å². The Balaban J connectivity index is 2.37. The zero-order valence-corrected chi connectivity index (χ0v) is 10.8. The van der Waals surface area contributed by atoms with Crippen molar-refractivity contribution in [3.63, 3.8) is 0 Å². The van der Waals surface area contributed by atoms with Crippen molar-refractivity contribution in [2.24, 2.45) is 0 Å². The summed E-state index contributed by atoms with van der Waals surface area (Å²) in [6, 6.07) is 5.85. The van der Waals surface area contributed by atoms with E-state index in [-0.39, 0.29) is 24.5 Å². The summed E-state index contributed by atoms with van der Waals surface area (Å²) < 4.78 is 1.38. The average Bonchev–Trinajstić information content (AvgIpc) is 2.83. The van der Waals surface area contributed by atoms with E-state index in [1.807, 2.05) is 0 Å². The number of aromatic nitrogens is 2. The number of anilines is 2. The van der Waals surface area contributed by atoms with Gasteiger partial charge in [-0.3, -0.25) is 4.57 Å². The molecule has 0 aliphatic carbocycles. The molecule has 0 atom stereocenters. The van der Waals surface area contributed by atoms with Gasteiger partial charge in [0.2, 0.25) is 12.1 Å². The van der Waals surface area contributed by atoms with Gasteiger partial charge >= 0.3 is 11.8 Å². The standard InChI is InChI=1S/C12H12N4O5/c17-5-4-15-7-13-10(16(20)21)11(15)14-9-3-1-2-8(6-9)12(18)19/h1-3,6-7,14,17H,4-5H2,(H,18,19). The van der Waals surface area contributed by atoms with Crippen LogP contribution in [0.3, 0.4) is 0 Å². The molecule has 0 aliphatic heterocycles. The molecule has 1 aromatic heterocycles. The van der Waals surface area contributed by atoms with Crippen LogP contribution >= 0.6 is 0 Å². The highest BCUT2D eigenvalue weighted by Crippen LogP contribution is 2.26. The lowest BCUT2D eigenvalue weighted by atomic mass is 10.2. The maximum Gasteiger partial charge on any atom is 0.406 e. The first-order valence-electron chi connectivity index (χ1n) is 5.93. The Morgan fingerprint density at radius 3 is 2.86 bits per heavy atom. The van der Waals surface area contributed by atoms with Crippen LogP contribution in [0.2, 0.25) is 0 Å². The van der Waals surface area contributed by atoms with Gasteiger partial charge in [-0.25, -0.2) is 4.79 Å². The molecule has 2 aromatic rings. The summed E-state index contributed by atoms with van der Waals surface area (Å²) in [4.78, 5) is 24.9. The highest BCUT2D eigenvalue weighted by atomic mass is 16.6. The van der Waals surface area contributed by atoms with Crippen molar-refractivity contribution >= 4 is 23.3 Å². The monoisotopic (exact) mass is 292 g/mol. The first-order chi connectivity index (χ1) is 10.0. The van der Waals surface area contributed by atoms with E-state index in [0.29, 0.717) is 5.69 Å². The number of carbonyl (C=O) groups is 1. The van der Waals surface area contributed by atoms with Gasteiger partial charge in [-0.15, -0.1) is 0 Å². The summed E-state index contributed by atoms with van der Waals surface area (Å²) >= 11 is 0. The van der Waals surface area contributed by atoms with Gasteiger partial charge in [0.05, 0.1) is 18.7 Å². The minimum atomic E-state index is -1.10. The van der Waals surface area contributed by atoms with E-state index in [2.05, 4.69) is 10.3 Å². The van der Waals surface area contributed by atoms with Crippen molar-refractivity contribution in [1.82, 2.24) is 9.55 Å². The summed E-state index contributed by atoms with van der Waals surface area (Å²) in [6.45, 7) is -0.0842. The number of nitro groups is 1. The molecular formula is C12H12N4O5. The zero-order chi connectivity index (χ0) is 15.4. The molecule has 0 amide bonds. The molecule has 0 saturated carbocycles. The van der Waals surface area contributed by atoms with Crippen molar-refractivity contribution in [3.8, 4) is 0 Å². The second kappa shape index (κ2) is 6.01. The fraction of sp³-hybridized carbons (Fsp3) is 0.167. The van der Waals surface area contributed by atoms with Gasteiger partial charge in [-0.1, -0.05) is 6.07 Å². The number of imidazole rings is 1. The van der Waals surface area contributed by atoms with E-state index in [4.69, 9.17) is 10.2 Å². The Bertz CT molecular complexity index is 682. The van der Waals surface area contributed by atoms with Crippen molar-refractivity contribution in [3.05, 3.63) is 46.3 Å². The number of aromatic carboxylic acids is 1. The summed E-state index contributed by atoms with van der Waals surface area (Å²) in [7, 11) is 0. The van der Waals surface area contributed by atoms with Crippen LogP contribution in [0.25, 0.3) is 0 Å². The smallest absolute Gasteiger partial charge is 0.406 e. The Morgan fingerprint density at radius 1 is 1.48 bits per heavy atom. The number of carboxylic acid groups (broad SMARTS) is 1. The third-order valence-electron chi connectivity index (χ3n) is 2.70. The van der Waals surface area contributed by atoms with Gasteiger partial charge in [-0.05, 0) is 28.1 Å². The van der Waals surface area contributed by atoms with Crippen LogP contribution in [0.15, 0.2) is 30.6 Å². The molecular weight excluding hydrogens is 280 g/mol. The zero-order valence-electron chi connectivity index (χ0n) is 10.8. The molecule has 9 nitrogen and oxygen atoms in total. The summed E-state index contributed by atoms with van der Waals surface area (Å²) in [6.07, 6.45) is 1.23. The van der Waals surface area contributed by atoms with E-state index >= 15 is 0 Å². The fourth-order valence-corrected chi connectivity index (χ4v) is 1.78. The summed E-state index contributed by atoms with van der Waals surface area (Å²) in [5, 5.41) is 31.6. The molecule has 21 heavy (non-hydrogen) atoms. The molecule has 1 aromatic carbocycles. The van der Waals surface area contributed by atoms with Crippen LogP contribution in [0.4, 0.5) is 17.3 Å². The average molecular weight is 292 g/mol. The van der Waals surface area contributed by atoms with Crippen LogP contribution in [-0.2, 0) is 6.54 Å². The molecule has 0 saturated heterocycles. The van der Waals surface area contributed by atoms with Crippen molar-refractivity contribution in [2.75, 3.05) is 11.9 Å². The largest absolute Gasteiger partial charge is 0.478 e. The number of nitrogens with zero attached hydrogens (tertiary/aromatic N) is 3. The first-order valence-corrected chi connectivity index (χ1v) is 5.93. The maximum absolute atomic E-state index is 10.9. The number of nitrogens with one attached hydrogen (secondary N) is 1. The Hall–Kier alpha value is -2.94. The van der Waals surface area contributed by atoms with Gasteiger partial charge in [0, 0.05) is 5.69 Å². The van der Waals surface area contributed by atoms with Gasteiger partial charge in [0.25, 0.3) is 0 Å². The lowest BCUT2D eigenvalue weighted by Crippen LogP contribution is -2.07. The van der Waals surface area contributed by atoms with Gasteiger partial charge < -0.3 is 25.6 Å². The predicted molar refractivity (Wildman–Crippen MR) is 72.7 cm³/mol. The molecule has 0 unspecified atom stereocenters. The van der Waals surface area contributed by atoms with E-state index in [9.17, 15) is 14.9 Å². The van der Waals surface area contributed by atoms with E-state index in [1.54, 1.807) is 6.07 Å². The number of benzene rings is 1. The third-order valence-corrected chi connectivity index (χ3v) is 2.70. The third kappa shape index (κ3) is 3.15. The minimum Gasteiger partial charge on any atom is -0.478 e. The molecule has 1 heterocycles. The highest BCUT2D eigenvalue weighted by molar-refractivity contribution is 5.89. The molecule has 2 rings (SSSR count). The number of hydrogen-bond donors (Lipinski definition) is 3. The molecule has 0 bridgehead atoms. The van der Waals surface area contributed by atoms with Crippen molar-refractivity contribution in [1.29, 1.82) is 0 Å². The molecule has 0 radical (unpaired) electrons. The number of rotatable bonds is 6. The Labute approximate surface area is 118 Å². The van der Waals surface area contributed by atoms with Crippen LogP contribution < -0.4 is 5.32 Å². The quantitative estimate of drug-likeness (QED) is 0.539. The minimum absolute atomic E-state index is 0.0517. The van der Waals surface area contributed by atoms with Crippen LogP contribution in [-0.4, -0.2) is 37.3 Å². The second-order valence-electron chi connectivity index (χ2n) is 4.10. The number of aliphatic hydroxyl groups excluding tert-OH is 1. The fourth-order valence-electron chi connectivity index (χ4n) is 1.78. The van der Waals surface area contributed by atoms with E-state index in [1.165, 1.54) is 29.1 Å². The van der Waals surface area contributed by atoms with Gasteiger partial charge in [0.15, 0.2) is 0 Å². The lowest BCUT2D eigenvalue weighted by Gasteiger charge is -2.09. The second-order valence-corrected chi connectivity index (χ2v) is 4.10. The molecule has 0 spiro atoms. The number of carboxylic acids is 1. The molecule has 9 heteroatoms. The molecule has 0 aliphatic rings. The Kier molecular flexibility index (Phi) is 4.14. The lowest BCUT2D eigenvalue weighted by molar-refractivity contribution is -0.388. The predicted octanol–water partition coefficient (Wildman–Crippen LogP) is 1.23. The topological polar surface area (TPSA) is 131 Å². The SMILES string of the molecule is O=C(O)c1cccc(Nc2c([N+](=O)[O-])ncn2CCO)c1. The van der Waals surface area contributed by atoms with E-state index in [0.717, 1.165) is 0 Å². The van der Waals surface area contributed by atoms with Crippen LogP contribution in [0.1, 0.15) is 10.4 Å². The van der Waals surface area contributed by atoms with Crippen molar-refractivity contribution < 1.29 is 19.9 Å². The first kappa shape index (κ1) is 14.5. The van der Waals surface area contributed by atoms with Crippen LogP contribution in [0.5, 0.6) is 0 Å². The Morgan fingerprint density at radius 2 is 2.24 bits per heavy atom. The van der Waals surface area contributed by atoms with E-state index < -0.39 is 16.7 Å². The van der Waals surface area contributed by atoms with Gasteiger partial charge in [-0.2, -0.15) is 0 Å². The summed E-state index contributed by atoms with van der Waals surface area (Å²) in [5.41, 5.74) is 0.425. The number of aliphatic hydroxyl groups is 1. The molecule has 110 valence electrons. The molecule has 0 fully saturated rings. The number of hydrogen-bond acceptors (Lipinski definition) is 6. The normalized spacial score (nSPS) is 10.3. The van der Waals surface area contributed by atoms with Crippen LogP contribution in [0, 0.1) is 10.1 Å². The summed E-state index contributed by atoms with van der Waals surface area (Å²) in [5.74, 6) is -1.42. The highest BCUT2D eigenvalue weighted by Gasteiger charge is 2.21. The maximum atomic E-state index is 10.9. The molecule has 3 N–H and O–H groups in total.